The van der Waals surface area contributed by atoms with Crippen molar-refractivity contribution in [2.45, 2.75) is 78.0 Å². The van der Waals surface area contributed by atoms with E-state index in [9.17, 15) is 4.79 Å². The molecule has 1 aromatic carbocycles. The fraction of sp³-hybridized carbons (Fsp3) is 0.652. The number of benzene rings is 1. The fourth-order valence-corrected chi connectivity index (χ4v) is 3.63. The summed E-state index contributed by atoms with van der Waals surface area (Å²) in [6.45, 7) is 8.88. The van der Waals surface area contributed by atoms with Crippen LogP contribution in [0, 0.1) is 0 Å². The Kier molecular flexibility index (Phi) is 9.98. The molecule has 1 heterocycles. The summed E-state index contributed by atoms with van der Waals surface area (Å²) in [6.07, 6.45) is 7.71. The van der Waals surface area contributed by atoms with Crippen LogP contribution in [0.3, 0.4) is 0 Å². The maximum Gasteiger partial charge on any atom is 0.254 e. The molecule has 2 unspecified atom stereocenters. The maximum atomic E-state index is 12.7. The molecule has 1 aliphatic rings. The second kappa shape index (κ2) is 12.5. The van der Waals surface area contributed by atoms with Crippen LogP contribution in [0.5, 0.6) is 0 Å². The van der Waals surface area contributed by atoms with E-state index in [0.29, 0.717) is 31.2 Å². The third kappa shape index (κ3) is 8.44. The molecule has 1 aromatic rings. The van der Waals surface area contributed by atoms with Crippen LogP contribution in [0.1, 0.15) is 75.2 Å². The van der Waals surface area contributed by atoms with E-state index < -0.39 is 0 Å². The number of rotatable bonds is 10. The van der Waals surface area contributed by atoms with Gasteiger partial charge in [0.2, 0.25) is 0 Å². The number of carbonyl (C=O) groups is 1. The van der Waals surface area contributed by atoms with Crippen molar-refractivity contribution in [2.75, 3.05) is 19.6 Å². The lowest BCUT2D eigenvalue weighted by atomic mass is 10.1. The Bertz CT molecular complexity index is 635. The van der Waals surface area contributed by atoms with Crippen molar-refractivity contribution in [3.05, 3.63) is 35.4 Å². The summed E-state index contributed by atoms with van der Waals surface area (Å²) >= 11 is 0. The third-order valence-corrected chi connectivity index (χ3v) is 5.18. The molecule has 162 valence electrons. The Morgan fingerprint density at radius 2 is 1.72 bits per heavy atom. The second-order valence-corrected chi connectivity index (χ2v) is 8.06. The Morgan fingerprint density at radius 1 is 1.10 bits per heavy atom. The zero-order chi connectivity index (χ0) is 21.1. The normalized spacial score (nSPS) is 20.0. The number of hydrogen-bond donors (Lipinski definition) is 2. The van der Waals surface area contributed by atoms with Crippen LogP contribution >= 0.6 is 0 Å². The first-order valence-electron chi connectivity index (χ1n) is 11.1. The number of nitrogens with zero attached hydrogens (tertiary/aromatic N) is 2. The van der Waals surface area contributed by atoms with Gasteiger partial charge >= 0.3 is 0 Å². The van der Waals surface area contributed by atoms with Crippen molar-refractivity contribution in [2.24, 2.45) is 10.7 Å². The van der Waals surface area contributed by atoms with E-state index in [1.54, 1.807) is 0 Å². The number of guanidine groups is 1. The van der Waals surface area contributed by atoms with Crippen LogP contribution in [-0.2, 0) is 11.3 Å². The molecule has 0 aromatic heterocycles. The minimum atomic E-state index is 0.0576. The van der Waals surface area contributed by atoms with Gasteiger partial charge in [-0.15, -0.1) is 0 Å². The summed E-state index contributed by atoms with van der Waals surface area (Å²) in [5.74, 6) is 0.539. The Morgan fingerprint density at radius 3 is 2.38 bits per heavy atom. The highest BCUT2D eigenvalue weighted by Gasteiger charge is 2.26. The molecule has 1 fully saturated rings. The van der Waals surface area contributed by atoms with Gasteiger partial charge in [-0.05, 0) is 38.0 Å². The van der Waals surface area contributed by atoms with Crippen molar-refractivity contribution in [3.8, 4) is 0 Å². The van der Waals surface area contributed by atoms with E-state index in [4.69, 9.17) is 10.5 Å². The highest BCUT2D eigenvalue weighted by molar-refractivity contribution is 5.94. The van der Waals surface area contributed by atoms with Crippen LogP contribution in [0.2, 0.25) is 0 Å². The minimum absolute atomic E-state index is 0.0576. The first-order valence-corrected chi connectivity index (χ1v) is 11.1. The van der Waals surface area contributed by atoms with E-state index in [1.165, 1.54) is 32.1 Å². The van der Waals surface area contributed by atoms with Crippen LogP contribution in [0.25, 0.3) is 0 Å². The summed E-state index contributed by atoms with van der Waals surface area (Å²) < 4.78 is 5.71. The largest absolute Gasteiger partial charge is 0.372 e. The molecule has 6 heteroatoms. The van der Waals surface area contributed by atoms with Gasteiger partial charge in [-0.2, -0.15) is 0 Å². The fourth-order valence-electron chi connectivity index (χ4n) is 3.63. The Hall–Kier alpha value is -2.08. The molecular weight excluding hydrogens is 364 g/mol. The summed E-state index contributed by atoms with van der Waals surface area (Å²) in [7, 11) is 0. The summed E-state index contributed by atoms with van der Waals surface area (Å²) in [6, 6.07) is 7.64. The first kappa shape index (κ1) is 23.2. The SMILES string of the molecule is CCCCCCCCNC(N)=NCc1ccc(C(=O)N2CC(C)OC(C)C2)cc1. The number of amides is 1. The van der Waals surface area contributed by atoms with E-state index in [2.05, 4.69) is 17.2 Å². The zero-order valence-corrected chi connectivity index (χ0v) is 18.3. The van der Waals surface area contributed by atoms with Gasteiger partial charge in [-0.25, -0.2) is 4.99 Å². The van der Waals surface area contributed by atoms with Gasteiger partial charge in [0, 0.05) is 25.2 Å². The smallest absolute Gasteiger partial charge is 0.254 e. The predicted molar refractivity (Wildman–Crippen MR) is 119 cm³/mol. The number of nitrogens with two attached hydrogens (primary N) is 1. The lowest BCUT2D eigenvalue weighted by Gasteiger charge is -2.35. The predicted octanol–water partition coefficient (Wildman–Crippen LogP) is 3.70. The van der Waals surface area contributed by atoms with Crippen LogP contribution in [-0.4, -0.2) is 48.6 Å². The molecule has 3 N–H and O–H groups in total. The van der Waals surface area contributed by atoms with Gasteiger partial charge in [-0.3, -0.25) is 4.79 Å². The number of ether oxygens (including phenoxy) is 1. The number of carbonyl (C=O) groups excluding carboxylic acids is 1. The molecule has 2 atom stereocenters. The summed E-state index contributed by atoms with van der Waals surface area (Å²) in [4.78, 5) is 19.0. The third-order valence-electron chi connectivity index (χ3n) is 5.18. The Labute approximate surface area is 175 Å². The van der Waals surface area contributed by atoms with Gasteiger partial charge in [0.25, 0.3) is 5.91 Å². The number of aliphatic imine (C=N–C) groups is 1. The number of morpholine rings is 1. The number of nitrogens with one attached hydrogen (secondary N) is 1. The molecule has 29 heavy (non-hydrogen) atoms. The summed E-state index contributed by atoms with van der Waals surface area (Å²) in [5.41, 5.74) is 7.69. The first-order chi connectivity index (χ1) is 14.0. The van der Waals surface area contributed by atoms with E-state index in [0.717, 1.165) is 18.5 Å². The monoisotopic (exact) mass is 402 g/mol. The van der Waals surface area contributed by atoms with Crippen molar-refractivity contribution in [3.63, 3.8) is 0 Å². The average molecular weight is 403 g/mol. The zero-order valence-electron chi connectivity index (χ0n) is 18.3. The maximum absolute atomic E-state index is 12.7. The summed E-state index contributed by atoms with van der Waals surface area (Å²) in [5, 5.41) is 3.18. The molecule has 1 amide bonds. The number of unbranched alkanes of at least 4 members (excludes halogenated alkanes) is 5. The molecule has 0 saturated carbocycles. The highest BCUT2D eigenvalue weighted by atomic mass is 16.5. The molecule has 1 saturated heterocycles. The average Bonchev–Trinajstić information content (AvgIpc) is 2.70. The van der Waals surface area contributed by atoms with Gasteiger partial charge in [0.1, 0.15) is 0 Å². The van der Waals surface area contributed by atoms with Crippen molar-refractivity contribution >= 4 is 11.9 Å². The van der Waals surface area contributed by atoms with Gasteiger partial charge in [0.05, 0.1) is 18.8 Å². The molecule has 0 aliphatic carbocycles. The molecule has 1 aliphatic heterocycles. The van der Waals surface area contributed by atoms with Gasteiger partial charge in [0.15, 0.2) is 5.96 Å². The van der Waals surface area contributed by atoms with E-state index >= 15 is 0 Å². The molecule has 0 radical (unpaired) electrons. The van der Waals surface area contributed by atoms with E-state index in [-0.39, 0.29) is 18.1 Å². The number of hydrogen-bond acceptors (Lipinski definition) is 3. The lowest BCUT2D eigenvalue weighted by Crippen LogP contribution is -2.48. The van der Waals surface area contributed by atoms with Crippen LogP contribution in [0.15, 0.2) is 29.3 Å². The Balaban J connectivity index is 1.74. The topological polar surface area (TPSA) is 79.9 Å². The molecule has 0 bridgehead atoms. The van der Waals surface area contributed by atoms with Crippen molar-refractivity contribution in [1.29, 1.82) is 0 Å². The van der Waals surface area contributed by atoms with Crippen molar-refractivity contribution in [1.82, 2.24) is 10.2 Å². The molecule has 2 rings (SSSR count). The molecule has 0 spiro atoms. The van der Waals surface area contributed by atoms with Gasteiger partial charge in [-0.1, -0.05) is 51.2 Å². The quantitative estimate of drug-likeness (QED) is 0.355. The van der Waals surface area contributed by atoms with E-state index in [1.807, 2.05) is 43.0 Å². The van der Waals surface area contributed by atoms with Crippen molar-refractivity contribution < 1.29 is 9.53 Å². The van der Waals surface area contributed by atoms with Crippen LogP contribution < -0.4 is 11.1 Å². The standard InChI is InChI=1S/C23H38N4O2/c1-4-5-6-7-8-9-14-25-23(24)26-15-20-10-12-21(13-11-20)22(28)27-16-18(2)29-19(3)17-27/h10-13,18-19H,4-9,14-17H2,1-3H3,(H3,24,25,26). The van der Waals surface area contributed by atoms with Gasteiger partial charge < -0.3 is 20.7 Å². The molecule has 6 nitrogen and oxygen atoms in total. The lowest BCUT2D eigenvalue weighted by molar-refractivity contribution is -0.0586. The molecular formula is C23H38N4O2. The minimum Gasteiger partial charge on any atom is -0.372 e. The second-order valence-electron chi connectivity index (χ2n) is 8.06. The van der Waals surface area contributed by atoms with Crippen LogP contribution in [0.4, 0.5) is 0 Å². The highest BCUT2D eigenvalue weighted by Crippen LogP contribution is 2.15.